The van der Waals surface area contributed by atoms with E-state index in [1.807, 2.05) is 74.5 Å². The Morgan fingerprint density at radius 2 is 1.22 bits per heavy atom. The molecule has 46 heavy (non-hydrogen) atoms. The van der Waals surface area contributed by atoms with Gasteiger partial charge in [-0.05, 0) is 63.3 Å². The lowest BCUT2D eigenvalue weighted by molar-refractivity contribution is 0.407. The number of aryl methyl sites for hydroxylation is 2. The van der Waals surface area contributed by atoms with E-state index in [1.54, 1.807) is 55.6 Å². The van der Waals surface area contributed by atoms with Crippen LogP contribution in [0.4, 0.5) is 0 Å². The van der Waals surface area contributed by atoms with Crippen molar-refractivity contribution in [3.8, 4) is 0 Å². The Balaban J connectivity index is 2.34. The second-order valence-electron chi connectivity index (χ2n) is 12.6. The van der Waals surface area contributed by atoms with E-state index < -0.39 is 32.1 Å². The molecule has 2 aromatic carbocycles. The van der Waals surface area contributed by atoms with Crippen molar-refractivity contribution in [2.75, 3.05) is 7.05 Å². The number of benzene rings is 2. The number of aliphatic imine (C=N–C) groups is 2. The van der Waals surface area contributed by atoms with Crippen LogP contribution in [0.1, 0.15) is 66.0 Å². The summed E-state index contributed by atoms with van der Waals surface area (Å²) in [6.07, 6.45) is 4.87. The average Bonchev–Trinajstić information content (AvgIpc) is 2.99. The van der Waals surface area contributed by atoms with Crippen molar-refractivity contribution in [1.29, 1.82) is 0 Å². The zero-order valence-corrected chi connectivity index (χ0v) is 30.6. The van der Waals surface area contributed by atoms with Gasteiger partial charge in [0.2, 0.25) is 20.0 Å². The fourth-order valence-corrected chi connectivity index (χ4v) is 7.49. The normalized spacial score (nSPS) is 16.9. The molecule has 2 aromatic rings. The summed E-state index contributed by atoms with van der Waals surface area (Å²) in [7, 11) is -6.02. The van der Waals surface area contributed by atoms with Crippen molar-refractivity contribution >= 4 is 31.7 Å². The summed E-state index contributed by atoms with van der Waals surface area (Å²) in [5.74, 6) is 0.280. The van der Waals surface area contributed by atoms with Crippen molar-refractivity contribution < 1.29 is 16.8 Å². The second-order valence-corrected chi connectivity index (χ2v) is 16.0. The van der Waals surface area contributed by atoms with E-state index in [1.165, 1.54) is 0 Å². The lowest BCUT2D eigenvalue weighted by Gasteiger charge is -2.32. The third kappa shape index (κ3) is 11.0. The Hall–Kier alpha value is -3.06. The molecule has 5 N–H and O–H groups in total. The molecule has 0 bridgehead atoms. The lowest BCUT2D eigenvalue weighted by Crippen LogP contribution is -2.54. The predicted octanol–water partition coefficient (Wildman–Crippen LogP) is 4.94. The molecule has 0 aliphatic rings. The topological polar surface area (TPSA) is 155 Å². The maximum absolute atomic E-state index is 13.3. The van der Waals surface area contributed by atoms with E-state index in [0.717, 1.165) is 17.5 Å². The predicted molar refractivity (Wildman–Crippen MR) is 190 cm³/mol. The van der Waals surface area contributed by atoms with Crippen LogP contribution in [-0.2, 0) is 20.0 Å². The maximum atomic E-state index is 13.3. The summed E-state index contributed by atoms with van der Waals surface area (Å²) in [6.45, 7) is 17.4. The molecule has 256 valence electrons. The average molecular weight is 675 g/mol. The van der Waals surface area contributed by atoms with Crippen LogP contribution in [0.5, 0.6) is 0 Å². The van der Waals surface area contributed by atoms with Crippen molar-refractivity contribution in [2.24, 2.45) is 33.5 Å². The van der Waals surface area contributed by atoms with Gasteiger partial charge in [-0.15, -0.1) is 0 Å². The SMILES string of the molecule is CC/C=C\C(NC(=NC)C(NS(=O)(=O)c1ccc(C)cc1)C(C)C)[C@H](C)[C@@H](C)N=C(N)C(NS(=O)(=O)c1ccc(C)cc1)C(C)C. The molecule has 0 aliphatic carbocycles. The third-order valence-electron chi connectivity index (χ3n) is 7.99. The highest BCUT2D eigenvalue weighted by Gasteiger charge is 2.31. The number of nitrogens with one attached hydrogen (secondary N) is 3. The first-order chi connectivity index (χ1) is 21.4. The van der Waals surface area contributed by atoms with E-state index >= 15 is 0 Å². The highest BCUT2D eigenvalue weighted by molar-refractivity contribution is 7.89. The number of rotatable bonds is 16. The van der Waals surface area contributed by atoms with Crippen LogP contribution in [0, 0.1) is 31.6 Å². The van der Waals surface area contributed by atoms with Gasteiger partial charge >= 0.3 is 0 Å². The number of nitrogens with zero attached hydrogens (tertiary/aromatic N) is 2. The zero-order chi connectivity index (χ0) is 34.8. The Morgan fingerprint density at radius 3 is 1.61 bits per heavy atom. The largest absolute Gasteiger partial charge is 0.386 e. The first-order valence-corrected chi connectivity index (χ1v) is 18.8. The van der Waals surface area contributed by atoms with E-state index in [0.29, 0.717) is 5.84 Å². The fraction of sp³-hybridized carbons (Fsp3) is 0.529. The van der Waals surface area contributed by atoms with Crippen LogP contribution in [0.15, 0.2) is 80.5 Å². The van der Waals surface area contributed by atoms with E-state index in [-0.39, 0.29) is 45.5 Å². The Kier molecular flexibility index (Phi) is 14.6. The van der Waals surface area contributed by atoms with Gasteiger partial charge in [-0.3, -0.25) is 9.98 Å². The van der Waals surface area contributed by atoms with E-state index in [2.05, 4.69) is 19.8 Å². The fourth-order valence-electron chi connectivity index (χ4n) is 4.79. The van der Waals surface area contributed by atoms with Gasteiger partial charge in [0.1, 0.15) is 11.7 Å². The van der Waals surface area contributed by atoms with E-state index in [4.69, 9.17) is 10.7 Å². The van der Waals surface area contributed by atoms with Gasteiger partial charge in [-0.25, -0.2) is 26.3 Å². The molecule has 0 amide bonds. The molecule has 10 nitrogen and oxygen atoms in total. The molecule has 0 aliphatic heterocycles. The number of nitrogens with two attached hydrogens (primary N) is 1. The van der Waals surface area contributed by atoms with Gasteiger partial charge in [0, 0.05) is 13.0 Å². The molecule has 0 aromatic heterocycles. The molecule has 5 atom stereocenters. The van der Waals surface area contributed by atoms with Crippen molar-refractivity contribution in [3.63, 3.8) is 0 Å². The molecule has 2 rings (SSSR count). The molecule has 3 unspecified atom stereocenters. The molecule has 12 heteroatoms. The van der Waals surface area contributed by atoms with Crippen LogP contribution in [0.3, 0.4) is 0 Å². The number of hydrogen-bond acceptors (Lipinski definition) is 6. The minimum atomic E-state index is -3.83. The summed E-state index contributed by atoms with van der Waals surface area (Å²) in [5.41, 5.74) is 8.43. The second kappa shape index (κ2) is 17.2. The van der Waals surface area contributed by atoms with Gasteiger partial charge in [-0.1, -0.05) is 89.1 Å². The lowest BCUT2D eigenvalue weighted by atomic mass is 9.93. The van der Waals surface area contributed by atoms with Gasteiger partial charge < -0.3 is 11.1 Å². The van der Waals surface area contributed by atoms with Crippen LogP contribution in [0.25, 0.3) is 0 Å². The summed E-state index contributed by atoms with van der Waals surface area (Å²) in [5, 5.41) is 3.49. The molecular formula is C34H54N6O4S2. The molecule has 0 fully saturated rings. The summed E-state index contributed by atoms with van der Waals surface area (Å²) in [4.78, 5) is 9.62. The Labute approximate surface area is 277 Å². The standard InChI is InChI=1S/C34H54N6O4S2/c1-11-12-13-30(38-34(36-10)32(23(4)5)40-46(43,44)29-20-16-25(7)17-21-29)26(8)27(9)37-33(35)31(22(2)3)39-45(41,42)28-18-14-24(6)15-19-28/h12-23,26-27,30-32,39-40H,11H2,1-10H3,(H2,35,37)(H,36,38)/b13-12-/t26-,27-,30?,31?,32?/m1/s1. The number of amidine groups is 2. The smallest absolute Gasteiger partial charge is 0.241 e. The first-order valence-electron chi connectivity index (χ1n) is 15.8. The summed E-state index contributed by atoms with van der Waals surface area (Å²) in [6, 6.07) is 11.4. The highest BCUT2D eigenvalue weighted by atomic mass is 32.2. The minimum absolute atomic E-state index is 0.114. The zero-order valence-electron chi connectivity index (χ0n) is 28.9. The number of sulfonamides is 2. The summed E-state index contributed by atoms with van der Waals surface area (Å²) >= 11 is 0. The molecule has 0 saturated heterocycles. The van der Waals surface area contributed by atoms with Gasteiger partial charge in [0.15, 0.2) is 0 Å². The van der Waals surface area contributed by atoms with Crippen molar-refractivity contribution in [1.82, 2.24) is 14.8 Å². The maximum Gasteiger partial charge on any atom is 0.241 e. The van der Waals surface area contributed by atoms with Crippen LogP contribution >= 0.6 is 0 Å². The molecule has 0 heterocycles. The molecule has 0 saturated carbocycles. The van der Waals surface area contributed by atoms with Gasteiger partial charge in [-0.2, -0.15) is 0 Å². The van der Waals surface area contributed by atoms with Crippen molar-refractivity contribution in [2.45, 2.75) is 103 Å². The van der Waals surface area contributed by atoms with Gasteiger partial charge in [0.05, 0.1) is 34.0 Å². The monoisotopic (exact) mass is 674 g/mol. The molecule has 0 spiro atoms. The Bertz CT molecular complexity index is 1570. The highest BCUT2D eigenvalue weighted by Crippen LogP contribution is 2.19. The summed E-state index contributed by atoms with van der Waals surface area (Å²) < 4.78 is 58.6. The minimum Gasteiger partial charge on any atom is -0.386 e. The van der Waals surface area contributed by atoms with Crippen LogP contribution < -0.4 is 20.5 Å². The number of hydrogen-bond donors (Lipinski definition) is 4. The van der Waals surface area contributed by atoms with Crippen LogP contribution in [-0.4, -0.2) is 59.7 Å². The van der Waals surface area contributed by atoms with E-state index in [9.17, 15) is 16.8 Å². The van der Waals surface area contributed by atoms with Gasteiger partial charge in [0.25, 0.3) is 0 Å². The third-order valence-corrected chi connectivity index (χ3v) is 10.9. The van der Waals surface area contributed by atoms with Crippen LogP contribution in [0.2, 0.25) is 0 Å². The number of allylic oxidation sites excluding steroid dienone is 1. The Morgan fingerprint density at radius 1 is 0.783 bits per heavy atom. The molecular weight excluding hydrogens is 621 g/mol. The molecule has 0 radical (unpaired) electrons. The van der Waals surface area contributed by atoms with Crippen molar-refractivity contribution in [3.05, 3.63) is 71.8 Å². The quantitative estimate of drug-likeness (QED) is 0.112. The first kappa shape index (κ1) is 39.1.